The van der Waals surface area contributed by atoms with E-state index in [4.69, 9.17) is 4.42 Å². The number of benzene rings is 9. The van der Waals surface area contributed by atoms with Gasteiger partial charge in [-0.3, -0.25) is 0 Å². The fraction of sp³-hybridized carbons (Fsp3) is 0.0526. The molecule has 0 atom stereocenters. The first-order chi connectivity index (χ1) is 30.0. The van der Waals surface area contributed by atoms with Gasteiger partial charge in [0.05, 0.1) is 33.1 Å². The minimum atomic E-state index is -0.0625. The Morgan fingerprint density at radius 1 is 0.377 bits per heavy atom. The van der Waals surface area contributed by atoms with Crippen LogP contribution in [0.2, 0.25) is 0 Å². The standard InChI is InChI=1S/C57H37N3O/c1-57(2)47-17-9-6-14-39(47)45-32-37(22-27-48(45)57)58(36-12-4-3-5-13-36)38-23-29-51-52(33-38)60-50-28-21-34(35-20-24-42-41-16-8-11-19-53(41)61-54(42)31-35)30-46(50)44-26-25-43-40-15-7-10-18-49(40)59(51)55(43)56(44)60/h3-33H,1-2H3. The van der Waals surface area contributed by atoms with Crippen molar-refractivity contribution in [1.29, 1.82) is 0 Å². The van der Waals surface area contributed by atoms with Crippen molar-refractivity contribution >= 4 is 93.6 Å². The Morgan fingerprint density at radius 2 is 0.984 bits per heavy atom. The van der Waals surface area contributed by atoms with Crippen molar-refractivity contribution in [3.05, 3.63) is 199 Å². The van der Waals surface area contributed by atoms with Crippen LogP contribution in [0.25, 0.3) is 98.8 Å². The molecule has 4 heteroatoms. The molecule has 9 aromatic carbocycles. The van der Waals surface area contributed by atoms with Crippen molar-refractivity contribution in [3.63, 3.8) is 0 Å². The molecule has 0 aliphatic heterocycles. The van der Waals surface area contributed by atoms with Gasteiger partial charge in [0.25, 0.3) is 0 Å². The average molecular weight is 780 g/mol. The van der Waals surface area contributed by atoms with Crippen molar-refractivity contribution < 1.29 is 4.42 Å². The maximum atomic E-state index is 6.35. The van der Waals surface area contributed by atoms with Gasteiger partial charge in [-0.05, 0) is 112 Å². The lowest BCUT2D eigenvalue weighted by molar-refractivity contribution is 0.660. The maximum absolute atomic E-state index is 6.35. The van der Waals surface area contributed by atoms with Crippen molar-refractivity contribution in [3.8, 4) is 22.3 Å². The van der Waals surface area contributed by atoms with Crippen LogP contribution in [0.4, 0.5) is 17.1 Å². The zero-order valence-electron chi connectivity index (χ0n) is 33.6. The molecule has 286 valence electrons. The Balaban J connectivity index is 1.04. The smallest absolute Gasteiger partial charge is 0.136 e. The van der Waals surface area contributed by atoms with Gasteiger partial charge in [0.15, 0.2) is 0 Å². The number of hydrogen-bond donors (Lipinski definition) is 0. The monoisotopic (exact) mass is 779 g/mol. The van der Waals surface area contributed by atoms with E-state index in [1.807, 2.05) is 12.1 Å². The Labute approximate surface area is 351 Å². The van der Waals surface area contributed by atoms with E-state index in [0.29, 0.717) is 0 Å². The molecule has 0 N–H and O–H groups in total. The van der Waals surface area contributed by atoms with E-state index in [9.17, 15) is 0 Å². The topological polar surface area (TPSA) is 25.2 Å². The SMILES string of the molecule is CC1(C)c2ccccc2-c2cc(N(c3ccccc3)c3ccc4c(c3)n3c5ccc(-c6ccc7c(c6)oc6ccccc67)cc5c5ccc6c7ccccc7n4c6c53)ccc21. The first kappa shape index (κ1) is 33.1. The van der Waals surface area contributed by atoms with Gasteiger partial charge in [0.1, 0.15) is 11.2 Å². The molecule has 0 amide bonds. The van der Waals surface area contributed by atoms with Crippen LogP contribution in [-0.2, 0) is 5.41 Å². The molecule has 1 aliphatic carbocycles. The summed E-state index contributed by atoms with van der Waals surface area (Å²) < 4.78 is 11.4. The quantitative estimate of drug-likeness (QED) is 0.166. The Kier molecular flexibility index (Phi) is 6.33. The van der Waals surface area contributed by atoms with E-state index in [2.05, 4.69) is 203 Å². The summed E-state index contributed by atoms with van der Waals surface area (Å²) in [5, 5.41) is 7.30. The molecule has 0 radical (unpaired) electrons. The number of fused-ring (bicyclic) bond motifs is 15. The number of aromatic nitrogens is 2. The summed E-state index contributed by atoms with van der Waals surface area (Å²) in [5.41, 5.74) is 20.0. The Bertz CT molecular complexity index is 3970. The predicted octanol–water partition coefficient (Wildman–Crippen LogP) is 15.6. The zero-order chi connectivity index (χ0) is 40.1. The number of furan rings is 1. The molecule has 4 nitrogen and oxygen atoms in total. The van der Waals surface area contributed by atoms with Gasteiger partial charge in [0, 0.05) is 54.8 Å². The van der Waals surface area contributed by atoms with Crippen molar-refractivity contribution in [2.75, 3.05) is 4.90 Å². The summed E-state index contributed by atoms with van der Waals surface area (Å²) in [6, 6.07) is 69.3. The normalized spacial score (nSPS) is 13.5. The average Bonchev–Trinajstić information content (AvgIpc) is 4.02. The molecule has 14 rings (SSSR count). The lowest BCUT2D eigenvalue weighted by atomic mass is 9.82. The van der Waals surface area contributed by atoms with Crippen LogP contribution >= 0.6 is 0 Å². The highest BCUT2D eigenvalue weighted by Crippen LogP contribution is 2.51. The second kappa shape index (κ2) is 11.7. The first-order valence-corrected chi connectivity index (χ1v) is 21.2. The summed E-state index contributed by atoms with van der Waals surface area (Å²) in [5.74, 6) is 0. The Morgan fingerprint density at radius 3 is 1.87 bits per heavy atom. The van der Waals surface area contributed by atoms with Gasteiger partial charge < -0.3 is 18.1 Å². The summed E-state index contributed by atoms with van der Waals surface area (Å²) >= 11 is 0. The highest BCUT2D eigenvalue weighted by atomic mass is 16.3. The van der Waals surface area contributed by atoms with Gasteiger partial charge in [0.2, 0.25) is 0 Å². The molecule has 0 unspecified atom stereocenters. The van der Waals surface area contributed by atoms with E-state index in [0.717, 1.165) is 50.1 Å². The van der Waals surface area contributed by atoms with Crippen LogP contribution in [0.1, 0.15) is 25.0 Å². The second-order valence-corrected chi connectivity index (χ2v) is 17.3. The summed E-state index contributed by atoms with van der Waals surface area (Å²) in [7, 11) is 0. The summed E-state index contributed by atoms with van der Waals surface area (Å²) in [6.07, 6.45) is 0. The fourth-order valence-electron chi connectivity index (χ4n) is 11.0. The van der Waals surface area contributed by atoms with Crippen LogP contribution in [0.3, 0.4) is 0 Å². The van der Waals surface area contributed by atoms with Gasteiger partial charge in [-0.1, -0.05) is 123 Å². The lowest BCUT2D eigenvalue weighted by Gasteiger charge is -2.27. The van der Waals surface area contributed by atoms with Crippen molar-refractivity contribution in [1.82, 2.24) is 8.80 Å². The number of anilines is 3. The minimum absolute atomic E-state index is 0.0625. The molecule has 4 heterocycles. The predicted molar refractivity (Wildman–Crippen MR) is 255 cm³/mol. The Hall–Kier alpha value is -7.82. The first-order valence-electron chi connectivity index (χ1n) is 21.2. The van der Waals surface area contributed by atoms with Gasteiger partial charge in [-0.15, -0.1) is 0 Å². The summed E-state index contributed by atoms with van der Waals surface area (Å²) in [6.45, 7) is 4.69. The molecule has 0 fully saturated rings. The molecular weight excluding hydrogens is 743 g/mol. The zero-order valence-corrected chi connectivity index (χ0v) is 33.6. The fourth-order valence-corrected chi connectivity index (χ4v) is 11.0. The lowest BCUT2D eigenvalue weighted by Crippen LogP contribution is -2.15. The molecule has 0 saturated carbocycles. The summed E-state index contributed by atoms with van der Waals surface area (Å²) in [4.78, 5) is 2.42. The minimum Gasteiger partial charge on any atom is -0.456 e. The molecule has 1 aliphatic rings. The molecule has 0 spiro atoms. The third-order valence-electron chi connectivity index (χ3n) is 13.8. The van der Waals surface area contributed by atoms with Gasteiger partial charge >= 0.3 is 0 Å². The van der Waals surface area contributed by atoms with Crippen molar-refractivity contribution in [2.24, 2.45) is 0 Å². The van der Waals surface area contributed by atoms with E-state index >= 15 is 0 Å². The highest BCUT2D eigenvalue weighted by molar-refractivity contribution is 6.25. The number of hydrogen-bond acceptors (Lipinski definition) is 2. The van der Waals surface area contributed by atoms with Crippen LogP contribution in [-0.4, -0.2) is 8.80 Å². The van der Waals surface area contributed by atoms with E-state index in [1.54, 1.807) is 0 Å². The van der Waals surface area contributed by atoms with Crippen molar-refractivity contribution in [2.45, 2.75) is 19.3 Å². The van der Waals surface area contributed by atoms with Crippen LogP contribution in [0.15, 0.2) is 192 Å². The van der Waals surface area contributed by atoms with Crippen LogP contribution in [0, 0.1) is 0 Å². The van der Waals surface area contributed by atoms with E-state index < -0.39 is 0 Å². The van der Waals surface area contributed by atoms with E-state index in [-0.39, 0.29) is 5.41 Å². The second-order valence-electron chi connectivity index (χ2n) is 17.3. The molecule has 13 aromatic rings. The maximum Gasteiger partial charge on any atom is 0.136 e. The van der Waals surface area contributed by atoms with E-state index in [1.165, 1.54) is 76.9 Å². The van der Waals surface area contributed by atoms with Crippen LogP contribution < -0.4 is 4.90 Å². The molecular formula is C57H37N3O. The van der Waals surface area contributed by atoms with Gasteiger partial charge in [-0.25, -0.2) is 0 Å². The third kappa shape index (κ3) is 4.33. The number of rotatable bonds is 4. The molecule has 0 saturated heterocycles. The van der Waals surface area contributed by atoms with Crippen LogP contribution in [0.5, 0.6) is 0 Å². The number of para-hydroxylation sites is 3. The molecule has 0 bridgehead atoms. The number of nitrogens with zero attached hydrogens (tertiary/aromatic N) is 3. The van der Waals surface area contributed by atoms with Gasteiger partial charge in [-0.2, -0.15) is 0 Å². The highest BCUT2D eigenvalue weighted by Gasteiger charge is 2.35. The molecule has 4 aromatic heterocycles. The largest absolute Gasteiger partial charge is 0.456 e. The molecule has 61 heavy (non-hydrogen) atoms. The third-order valence-corrected chi connectivity index (χ3v) is 13.8.